The van der Waals surface area contributed by atoms with Crippen LogP contribution in [0, 0.1) is 5.92 Å². The highest BCUT2D eigenvalue weighted by Crippen LogP contribution is 2.50. The number of ether oxygens (including phenoxy) is 2. The van der Waals surface area contributed by atoms with Crippen LogP contribution in [0.1, 0.15) is 69.7 Å². The number of imidazole rings is 2. The van der Waals surface area contributed by atoms with Gasteiger partial charge in [0.05, 0.1) is 50.1 Å². The fraction of sp³-hybridized carbons (Fsp3) is 0.421. The molecule has 15 heteroatoms. The van der Waals surface area contributed by atoms with E-state index in [0.29, 0.717) is 12.5 Å². The highest BCUT2D eigenvalue weighted by molar-refractivity contribution is 7.25. The Bertz CT molecular complexity index is 2230. The van der Waals surface area contributed by atoms with Gasteiger partial charge in [0, 0.05) is 43.9 Å². The number of carbonyl (C=O) groups is 4. The number of amides is 4. The Morgan fingerprint density at radius 2 is 1.40 bits per heavy atom. The van der Waals surface area contributed by atoms with E-state index in [2.05, 4.69) is 66.7 Å². The summed E-state index contributed by atoms with van der Waals surface area (Å²) in [5.41, 5.74) is 3.76. The largest absolute Gasteiger partial charge is 0.453 e. The highest BCUT2D eigenvalue weighted by atomic mass is 32.1. The van der Waals surface area contributed by atoms with E-state index >= 15 is 0 Å². The first-order valence-electron chi connectivity index (χ1n) is 18.0. The number of nitrogens with zero attached hydrogens (tertiary/aromatic N) is 4. The minimum Gasteiger partial charge on any atom is -0.453 e. The van der Waals surface area contributed by atoms with Crippen LogP contribution >= 0.6 is 11.3 Å². The van der Waals surface area contributed by atoms with E-state index in [4.69, 9.17) is 9.72 Å². The number of likely N-dealkylation sites (tertiary alicyclic amines) is 2. The smallest absolute Gasteiger partial charge is 0.407 e. The Kier molecular flexibility index (Phi) is 9.05. The van der Waals surface area contributed by atoms with Crippen molar-refractivity contribution in [1.82, 2.24) is 40.4 Å². The molecule has 4 amide bonds. The van der Waals surface area contributed by atoms with Gasteiger partial charge in [-0.15, -0.1) is 11.3 Å². The third-order valence-electron chi connectivity index (χ3n) is 11.0. The lowest BCUT2D eigenvalue weighted by Gasteiger charge is -2.36. The molecule has 6 unspecified atom stereocenters. The average molecular weight is 739 g/mol. The van der Waals surface area contributed by atoms with Gasteiger partial charge in [-0.2, -0.15) is 0 Å². The van der Waals surface area contributed by atoms with Crippen molar-refractivity contribution < 1.29 is 28.7 Å². The third kappa shape index (κ3) is 6.26. The van der Waals surface area contributed by atoms with Crippen molar-refractivity contribution >= 4 is 55.5 Å². The SMILES string of the molecule is COC(=O)NC(C)C(=O)N1CCCC1c1ncc(-c2ccc3c(c2)sc2cc(-c4cnc(C5C6CCC(C6)N5C(=O)C(C)NC(=O)OC)[nH]4)ccc23)[nH]1. The van der Waals surface area contributed by atoms with Gasteiger partial charge in [-0.25, -0.2) is 19.6 Å². The Labute approximate surface area is 309 Å². The van der Waals surface area contributed by atoms with Crippen LogP contribution in [-0.4, -0.2) is 92.6 Å². The monoisotopic (exact) mass is 738 g/mol. The van der Waals surface area contributed by atoms with Gasteiger partial charge in [0.25, 0.3) is 0 Å². The maximum absolute atomic E-state index is 13.5. The number of hydrogen-bond acceptors (Lipinski definition) is 9. The number of carbonyl (C=O) groups excluding carboxylic acids is 4. The van der Waals surface area contributed by atoms with Crippen molar-refractivity contribution in [2.24, 2.45) is 5.92 Å². The normalized spacial score (nSPS) is 22.0. The zero-order chi connectivity index (χ0) is 37.0. The second-order valence-corrected chi connectivity index (χ2v) is 15.3. The van der Waals surface area contributed by atoms with E-state index in [1.54, 1.807) is 30.1 Å². The molecule has 2 saturated heterocycles. The van der Waals surface area contributed by atoms with Crippen molar-refractivity contribution in [3.05, 3.63) is 60.4 Å². The summed E-state index contributed by atoms with van der Waals surface area (Å²) < 4.78 is 11.7. The molecule has 5 heterocycles. The Morgan fingerprint density at radius 1 is 0.811 bits per heavy atom. The minimum atomic E-state index is -0.709. The number of aromatic nitrogens is 4. The van der Waals surface area contributed by atoms with Crippen molar-refractivity contribution in [2.75, 3.05) is 20.8 Å². The molecule has 14 nitrogen and oxygen atoms in total. The van der Waals surface area contributed by atoms with Crippen LogP contribution in [0.15, 0.2) is 48.8 Å². The third-order valence-corrected chi connectivity index (χ3v) is 12.2. The van der Waals surface area contributed by atoms with E-state index < -0.39 is 24.3 Å². The number of aromatic amines is 2. The molecule has 8 rings (SSSR count). The fourth-order valence-electron chi connectivity index (χ4n) is 8.44. The summed E-state index contributed by atoms with van der Waals surface area (Å²) in [5, 5.41) is 7.52. The lowest BCUT2D eigenvalue weighted by molar-refractivity contribution is -0.137. The standard InChI is InChI=1S/C38H42N8O6S/c1-19(41-37(49)51-3)35(47)45-13-5-6-29(45)33-39-17-27(43-33)21-8-11-25-26-12-9-22(16-31(26)53-30(25)15-21)28-18-40-34(44-28)32-23-7-10-24(14-23)46(32)36(48)20(2)42-38(50)52-4/h8-9,11-12,15-20,23-24,29,32H,5-7,10,13-14H2,1-4H3,(H,39,43)(H,40,44)(H,41,49)(H,42,50). The average Bonchev–Trinajstić information content (AvgIpc) is 4.02. The number of rotatable bonds is 8. The molecule has 4 N–H and O–H groups in total. The maximum Gasteiger partial charge on any atom is 0.407 e. The maximum atomic E-state index is 13.5. The number of piperidine rings is 1. The number of methoxy groups -OCH3 is 2. The molecule has 3 fully saturated rings. The molecule has 0 radical (unpaired) electrons. The van der Waals surface area contributed by atoms with Crippen LogP contribution < -0.4 is 10.6 Å². The molecule has 2 bridgehead atoms. The summed E-state index contributed by atoms with van der Waals surface area (Å²) in [6.45, 7) is 3.94. The molecule has 2 aliphatic heterocycles. The van der Waals surface area contributed by atoms with E-state index in [1.165, 1.54) is 14.2 Å². The fourth-order valence-corrected chi connectivity index (χ4v) is 9.62. The Morgan fingerprint density at radius 3 is 2.02 bits per heavy atom. The lowest BCUT2D eigenvalue weighted by Crippen LogP contribution is -2.50. The Hall–Kier alpha value is -5.44. The number of hydrogen-bond donors (Lipinski definition) is 4. The number of nitrogens with one attached hydrogen (secondary N) is 4. The zero-order valence-electron chi connectivity index (χ0n) is 30.0. The zero-order valence-corrected chi connectivity index (χ0v) is 30.8. The molecule has 53 heavy (non-hydrogen) atoms. The van der Waals surface area contributed by atoms with Gasteiger partial charge in [0.2, 0.25) is 11.8 Å². The summed E-state index contributed by atoms with van der Waals surface area (Å²) in [5.74, 6) is 1.51. The minimum absolute atomic E-state index is 0.127. The van der Waals surface area contributed by atoms with Crippen molar-refractivity contribution in [3.8, 4) is 22.5 Å². The van der Waals surface area contributed by atoms with E-state index in [1.807, 2.05) is 17.3 Å². The van der Waals surface area contributed by atoms with Gasteiger partial charge in [-0.1, -0.05) is 24.3 Å². The topological polar surface area (TPSA) is 175 Å². The predicted molar refractivity (Wildman–Crippen MR) is 199 cm³/mol. The van der Waals surface area contributed by atoms with Crippen LogP contribution in [0.3, 0.4) is 0 Å². The molecule has 276 valence electrons. The summed E-state index contributed by atoms with van der Waals surface area (Å²) in [4.78, 5) is 70.4. The predicted octanol–water partition coefficient (Wildman–Crippen LogP) is 6.04. The van der Waals surface area contributed by atoms with Gasteiger partial charge in [0.15, 0.2) is 0 Å². The van der Waals surface area contributed by atoms with Crippen LogP contribution in [0.2, 0.25) is 0 Å². The van der Waals surface area contributed by atoms with Gasteiger partial charge >= 0.3 is 12.2 Å². The van der Waals surface area contributed by atoms with E-state index in [0.717, 1.165) is 86.4 Å². The number of alkyl carbamates (subject to hydrolysis) is 2. The molecule has 1 aliphatic carbocycles. The summed E-state index contributed by atoms with van der Waals surface area (Å²) in [7, 11) is 2.56. The molecular weight excluding hydrogens is 697 g/mol. The van der Waals surface area contributed by atoms with Crippen LogP contribution in [0.25, 0.3) is 42.7 Å². The molecule has 6 atom stereocenters. The number of fused-ring (bicyclic) bond motifs is 5. The van der Waals surface area contributed by atoms with Crippen LogP contribution in [0.5, 0.6) is 0 Å². The number of benzene rings is 2. The molecule has 0 spiro atoms. The summed E-state index contributed by atoms with van der Waals surface area (Å²) in [6, 6.07) is 11.2. The first kappa shape index (κ1) is 34.6. The van der Waals surface area contributed by atoms with E-state index in [9.17, 15) is 19.2 Å². The molecule has 3 aromatic heterocycles. The first-order valence-corrected chi connectivity index (χ1v) is 18.8. The molecule has 3 aliphatic rings. The summed E-state index contributed by atoms with van der Waals surface area (Å²) >= 11 is 1.72. The van der Waals surface area contributed by atoms with Gasteiger partial charge in [-0.3, -0.25) is 9.59 Å². The van der Waals surface area contributed by atoms with Crippen molar-refractivity contribution in [3.63, 3.8) is 0 Å². The van der Waals surface area contributed by atoms with Gasteiger partial charge in [0.1, 0.15) is 23.7 Å². The van der Waals surface area contributed by atoms with Crippen LogP contribution in [0.4, 0.5) is 9.59 Å². The van der Waals surface area contributed by atoms with Gasteiger partial charge < -0.3 is 39.9 Å². The number of H-pyrrole nitrogens is 2. The van der Waals surface area contributed by atoms with Gasteiger partial charge in [-0.05, 0) is 64.0 Å². The van der Waals surface area contributed by atoms with Crippen molar-refractivity contribution in [2.45, 2.75) is 76.2 Å². The first-order chi connectivity index (χ1) is 25.6. The number of thiophene rings is 1. The highest BCUT2D eigenvalue weighted by Gasteiger charge is 2.50. The molecule has 2 aromatic carbocycles. The summed E-state index contributed by atoms with van der Waals surface area (Å²) in [6.07, 6.45) is 6.95. The second kappa shape index (κ2) is 13.8. The second-order valence-electron chi connectivity index (χ2n) is 14.2. The molecule has 1 saturated carbocycles. The molecular formula is C38H42N8O6S. The Balaban J connectivity index is 1.01. The van der Waals surface area contributed by atoms with E-state index in [-0.39, 0.29) is 29.9 Å². The quantitative estimate of drug-likeness (QED) is 0.149. The van der Waals surface area contributed by atoms with Crippen LogP contribution in [-0.2, 0) is 19.1 Å². The lowest BCUT2D eigenvalue weighted by atomic mass is 9.97. The molecule has 5 aromatic rings. The van der Waals surface area contributed by atoms with Crippen molar-refractivity contribution in [1.29, 1.82) is 0 Å².